The second kappa shape index (κ2) is 5.94. The summed E-state index contributed by atoms with van der Waals surface area (Å²) in [6.07, 6.45) is 0. The molecule has 1 heterocycles. The average molecular weight is 263 g/mol. The molecular weight excluding hydrogens is 246 g/mol. The topological polar surface area (TPSA) is 108 Å². The molecule has 0 radical (unpaired) electrons. The number of nitrogens with one attached hydrogen (secondary N) is 4. The maximum absolute atomic E-state index is 12.0. The van der Waals surface area contributed by atoms with E-state index in [-0.39, 0.29) is 5.91 Å². The number of primary amides is 1. The van der Waals surface area contributed by atoms with Crippen molar-refractivity contribution in [3.8, 4) is 0 Å². The molecule has 0 aromatic heterocycles. The molecule has 0 saturated carbocycles. The maximum atomic E-state index is 12.0. The van der Waals surface area contributed by atoms with Gasteiger partial charge in [-0.15, -0.1) is 0 Å². The van der Waals surface area contributed by atoms with Gasteiger partial charge in [0.25, 0.3) is 5.91 Å². The Morgan fingerprint density at radius 1 is 1.16 bits per heavy atom. The van der Waals surface area contributed by atoms with Crippen LogP contribution in [0.25, 0.3) is 0 Å². The molecule has 2 rings (SSSR count). The van der Waals surface area contributed by atoms with Crippen LogP contribution in [-0.4, -0.2) is 38.1 Å². The maximum Gasteiger partial charge on any atom is 0.312 e. The second-order valence-corrected chi connectivity index (χ2v) is 4.13. The Balaban J connectivity index is 1.97. The summed E-state index contributed by atoms with van der Waals surface area (Å²) in [5.41, 5.74) is 7.26. The fourth-order valence-corrected chi connectivity index (χ4v) is 1.92. The monoisotopic (exact) mass is 263 g/mol. The first-order valence-corrected chi connectivity index (χ1v) is 6.11. The normalized spacial score (nSPS) is 12.6. The van der Waals surface area contributed by atoms with Gasteiger partial charge in [0.05, 0.1) is 16.9 Å². The number of carbonyl (C=O) groups excluding carboxylic acids is 2. The molecule has 7 nitrogen and oxygen atoms in total. The lowest BCUT2D eigenvalue weighted by Gasteiger charge is -2.22. The van der Waals surface area contributed by atoms with Gasteiger partial charge in [0, 0.05) is 26.2 Å². The molecule has 0 spiro atoms. The Bertz CT molecular complexity index is 489. The first kappa shape index (κ1) is 13.0. The van der Waals surface area contributed by atoms with E-state index in [0.29, 0.717) is 18.7 Å². The van der Waals surface area contributed by atoms with Crippen LogP contribution in [0.5, 0.6) is 0 Å². The van der Waals surface area contributed by atoms with E-state index in [4.69, 9.17) is 5.73 Å². The molecule has 6 N–H and O–H groups in total. The van der Waals surface area contributed by atoms with Crippen LogP contribution < -0.4 is 27.0 Å². The molecule has 3 amide bonds. The zero-order chi connectivity index (χ0) is 13.7. The van der Waals surface area contributed by atoms with Gasteiger partial charge in [-0.1, -0.05) is 6.07 Å². The molecular formula is C12H17N5O2. The van der Waals surface area contributed by atoms with Crippen molar-refractivity contribution in [2.75, 3.05) is 36.8 Å². The van der Waals surface area contributed by atoms with Gasteiger partial charge >= 0.3 is 6.03 Å². The van der Waals surface area contributed by atoms with Gasteiger partial charge < -0.3 is 27.0 Å². The summed E-state index contributed by atoms with van der Waals surface area (Å²) in [4.78, 5) is 22.5. The minimum atomic E-state index is -0.600. The molecule has 0 fully saturated rings. The fraction of sp³-hybridized carbons (Fsp3) is 0.333. The highest BCUT2D eigenvalue weighted by atomic mass is 16.2. The summed E-state index contributed by atoms with van der Waals surface area (Å²) in [5, 5.41) is 11.6. The molecule has 0 unspecified atom stereocenters. The van der Waals surface area contributed by atoms with Gasteiger partial charge in [-0.3, -0.25) is 4.79 Å². The summed E-state index contributed by atoms with van der Waals surface area (Å²) in [7, 11) is 0. The van der Waals surface area contributed by atoms with Crippen LogP contribution in [-0.2, 0) is 0 Å². The minimum absolute atomic E-state index is 0.181. The fourth-order valence-electron chi connectivity index (χ4n) is 1.92. The first-order chi connectivity index (χ1) is 9.18. The van der Waals surface area contributed by atoms with Gasteiger partial charge in [-0.25, -0.2) is 4.79 Å². The molecule has 0 bridgehead atoms. The third-order valence-corrected chi connectivity index (χ3v) is 2.76. The van der Waals surface area contributed by atoms with E-state index in [1.807, 2.05) is 12.1 Å². The molecule has 7 heteroatoms. The van der Waals surface area contributed by atoms with E-state index in [1.165, 1.54) is 0 Å². The van der Waals surface area contributed by atoms with E-state index in [2.05, 4.69) is 21.3 Å². The number of hydrogen-bond donors (Lipinski definition) is 5. The van der Waals surface area contributed by atoms with Gasteiger partial charge in [-0.05, 0) is 12.1 Å². The molecule has 0 saturated heterocycles. The van der Waals surface area contributed by atoms with Crippen LogP contribution in [0.3, 0.4) is 0 Å². The van der Waals surface area contributed by atoms with Crippen LogP contribution in [0.15, 0.2) is 18.2 Å². The molecule has 0 atom stereocenters. The largest absolute Gasteiger partial charge is 0.382 e. The Morgan fingerprint density at radius 2 is 1.89 bits per heavy atom. The lowest BCUT2D eigenvalue weighted by Crippen LogP contribution is -2.37. The number of amides is 3. The van der Waals surface area contributed by atoms with Crippen LogP contribution in [0.4, 0.5) is 16.2 Å². The van der Waals surface area contributed by atoms with E-state index in [9.17, 15) is 9.59 Å². The third kappa shape index (κ3) is 3.27. The van der Waals surface area contributed by atoms with Crippen molar-refractivity contribution >= 4 is 23.3 Å². The average Bonchev–Trinajstić information content (AvgIpc) is 2.42. The van der Waals surface area contributed by atoms with E-state index in [0.717, 1.165) is 24.5 Å². The minimum Gasteiger partial charge on any atom is -0.382 e. The van der Waals surface area contributed by atoms with E-state index in [1.54, 1.807) is 6.07 Å². The predicted octanol–water partition coefficient (Wildman–Crippen LogP) is -0.0779. The predicted molar refractivity (Wildman–Crippen MR) is 73.3 cm³/mol. The van der Waals surface area contributed by atoms with Crippen LogP contribution in [0.1, 0.15) is 10.4 Å². The van der Waals surface area contributed by atoms with Crippen molar-refractivity contribution in [3.05, 3.63) is 23.8 Å². The number of anilines is 2. The molecule has 1 aliphatic rings. The van der Waals surface area contributed by atoms with Crippen molar-refractivity contribution in [1.82, 2.24) is 10.6 Å². The number of carbonyl (C=O) groups is 2. The van der Waals surface area contributed by atoms with Crippen molar-refractivity contribution in [2.24, 2.45) is 5.73 Å². The summed E-state index contributed by atoms with van der Waals surface area (Å²) in [6, 6.07) is 4.91. The summed E-state index contributed by atoms with van der Waals surface area (Å²) >= 11 is 0. The Hall–Kier alpha value is -2.44. The Morgan fingerprint density at radius 3 is 2.68 bits per heavy atom. The number of nitrogens with two attached hydrogens (primary N) is 1. The lowest BCUT2D eigenvalue weighted by molar-refractivity contribution is 0.0954. The van der Waals surface area contributed by atoms with Crippen LogP contribution in [0, 0.1) is 0 Å². The molecule has 1 aromatic carbocycles. The quantitative estimate of drug-likeness (QED) is 0.490. The van der Waals surface area contributed by atoms with Crippen molar-refractivity contribution < 1.29 is 9.59 Å². The van der Waals surface area contributed by atoms with Crippen molar-refractivity contribution in [1.29, 1.82) is 0 Å². The SMILES string of the molecule is NC(=O)NCCNC(=O)c1cccc2c1NCCN2. The van der Waals surface area contributed by atoms with Gasteiger partial charge in [-0.2, -0.15) is 0 Å². The zero-order valence-electron chi connectivity index (χ0n) is 10.5. The molecule has 1 aliphatic heterocycles. The standard InChI is InChI=1S/C12H17N5O2/c13-12(19)17-7-6-16-11(18)8-2-1-3-9-10(8)15-5-4-14-9/h1-3,14-15H,4-7H2,(H,16,18)(H3,13,17,19). The second-order valence-electron chi connectivity index (χ2n) is 4.13. The van der Waals surface area contributed by atoms with Crippen LogP contribution in [0.2, 0.25) is 0 Å². The van der Waals surface area contributed by atoms with Crippen molar-refractivity contribution in [2.45, 2.75) is 0 Å². The van der Waals surface area contributed by atoms with E-state index >= 15 is 0 Å². The molecule has 19 heavy (non-hydrogen) atoms. The lowest BCUT2D eigenvalue weighted by atomic mass is 10.1. The highest BCUT2D eigenvalue weighted by Crippen LogP contribution is 2.27. The molecule has 1 aromatic rings. The molecule has 0 aliphatic carbocycles. The Kier molecular flexibility index (Phi) is 4.07. The van der Waals surface area contributed by atoms with Crippen molar-refractivity contribution in [3.63, 3.8) is 0 Å². The first-order valence-electron chi connectivity index (χ1n) is 6.11. The van der Waals surface area contributed by atoms with Gasteiger partial charge in [0.15, 0.2) is 0 Å². The van der Waals surface area contributed by atoms with Crippen LogP contribution >= 0.6 is 0 Å². The van der Waals surface area contributed by atoms with Gasteiger partial charge in [0.1, 0.15) is 0 Å². The smallest absolute Gasteiger partial charge is 0.312 e. The number of rotatable bonds is 4. The zero-order valence-corrected chi connectivity index (χ0v) is 10.5. The highest BCUT2D eigenvalue weighted by molar-refractivity contribution is 6.02. The number of hydrogen-bond acceptors (Lipinski definition) is 4. The number of benzene rings is 1. The van der Waals surface area contributed by atoms with Gasteiger partial charge in [0.2, 0.25) is 0 Å². The summed E-state index contributed by atoms with van der Waals surface area (Å²) < 4.78 is 0. The van der Waals surface area contributed by atoms with E-state index < -0.39 is 6.03 Å². The third-order valence-electron chi connectivity index (χ3n) is 2.76. The number of para-hydroxylation sites is 1. The number of fused-ring (bicyclic) bond motifs is 1. The summed E-state index contributed by atoms with van der Waals surface area (Å²) in [6.45, 7) is 2.25. The highest BCUT2D eigenvalue weighted by Gasteiger charge is 2.16. The molecule has 102 valence electrons. The number of urea groups is 1. The Labute approximate surface area is 110 Å². The summed E-state index contributed by atoms with van der Waals surface area (Å²) in [5.74, 6) is -0.181.